The Morgan fingerprint density at radius 1 is 1.36 bits per heavy atom. The van der Waals surface area contributed by atoms with E-state index in [9.17, 15) is 4.79 Å². The van der Waals surface area contributed by atoms with E-state index in [1.807, 2.05) is 14.0 Å². The zero-order valence-corrected chi connectivity index (χ0v) is 15.7. The molecule has 1 saturated carbocycles. The summed E-state index contributed by atoms with van der Waals surface area (Å²) in [5, 5.41) is 2.98. The van der Waals surface area contributed by atoms with Crippen molar-refractivity contribution >= 4 is 11.7 Å². The predicted molar refractivity (Wildman–Crippen MR) is 96.8 cm³/mol. The van der Waals surface area contributed by atoms with Crippen LogP contribution in [-0.2, 0) is 4.74 Å². The number of hydrogen-bond donors (Lipinski definition) is 1. The molecular weight excluding hydrogens is 318 g/mol. The molecule has 1 N–H and O–H groups in total. The molecule has 2 atom stereocenters. The van der Waals surface area contributed by atoms with Crippen LogP contribution < -0.4 is 5.32 Å². The van der Waals surface area contributed by atoms with E-state index < -0.39 is 0 Å². The van der Waals surface area contributed by atoms with Gasteiger partial charge in [0.25, 0.3) is 0 Å². The summed E-state index contributed by atoms with van der Waals surface area (Å²) in [6.07, 6.45) is 4.50. The number of morpholine rings is 1. The first-order valence-corrected chi connectivity index (χ1v) is 9.16. The van der Waals surface area contributed by atoms with E-state index in [1.54, 1.807) is 11.1 Å². The number of aromatic nitrogens is 2. The van der Waals surface area contributed by atoms with Crippen LogP contribution in [0.5, 0.6) is 0 Å². The van der Waals surface area contributed by atoms with Gasteiger partial charge in [0.2, 0.25) is 0 Å². The Kier molecular flexibility index (Phi) is 5.54. The van der Waals surface area contributed by atoms with Gasteiger partial charge in [-0.1, -0.05) is 0 Å². The Balaban J connectivity index is 1.53. The second-order valence-corrected chi connectivity index (χ2v) is 7.36. The molecule has 2 aliphatic rings. The number of carbonyl (C=O) groups is 1. The number of ether oxygens (including phenoxy) is 1. The first kappa shape index (κ1) is 18.1. The molecule has 2 heterocycles. The summed E-state index contributed by atoms with van der Waals surface area (Å²) in [5.41, 5.74) is 1.73. The van der Waals surface area contributed by atoms with E-state index in [0.29, 0.717) is 12.5 Å². The molecular formula is C18H29N5O2. The number of hydrogen-bond acceptors (Lipinski definition) is 5. The van der Waals surface area contributed by atoms with Crippen LogP contribution >= 0.6 is 0 Å². The maximum atomic E-state index is 12.5. The van der Waals surface area contributed by atoms with Crippen LogP contribution in [0.4, 0.5) is 10.5 Å². The van der Waals surface area contributed by atoms with Crippen molar-refractivity contribution in [1.29, 1.82) is 0 Å². The molecule has 1 aliphatic heterocycles. The van der Waals surface area contributed by atoms with Gasteiger partial charge in [-0.25, -0.2) is 14.8 Å². The van der Waals surface area contributed by atoms with Crippen molar-refractivity contribution in [2.45, 2.75) is 51.7 Å². The lowest BCUT2D eigenvalue weighted by Gasteiger charge is -2.36. The highest BCUT2D eigenvalue weighted by molar-refractivity contribution is 5.89. The van der Waals surface area contributed by atoms with Crippen molar-refractivity contribution in [2.75, 3.05) is 38.5 Å². The lowest BCUT2D eigenvalue weighted by atomic mass is 10.2. The highest BCUT2D eigenvalue weighted by Gasteiger charge is 2.29. The molecule has 2 fully saturated rings. The summed E-state index contributed by atoms with van der Waals surface area (Å²) in [5.74, 6) is 1.22. The van der Waals surface area contributed by atoms with Crippen LogP contribution in [0.25, 0.3) is 0 Å². The summed E-state index contributed by atoms with van der Waals surface area (Å²) in [7, 11) is 1.83. The fourth-order valence-electron chi connectivity index (χ4n) is 3.32. The van der Waals surface area contributed by atoms with Gasteiger partial charge >= 0.3 is 6.03 Å². The lowest BCUT2D eigenvalue weighted by molar-refractivity contribution is -0.0684. The average Bonchev–Trinajstić information content (AvgIpc) is 3.38. The topological polar surface area (TPSA) is 70.6 Å². The zero-order valence-electron chi connectivity index (χ0n) is 15.7. The number of carbonyl (C=O) groups excluding carboxylic acids is 1. The summed E-state index contributed by atoms with van der Waals surface area (Å²) in [6.45, 7) is 9.42. The van der Waals surface area contributed by atoms with E-state index in [0.717, 1.165) is 49.7 Å². The van der Waals surface area contributed by atoms with Crippen molar-refractivity contribution in [2.24, 2.45) is 0 Å². The molecule has 0 aromatic carbocycles. The summed E-state index contributed by atoms with van der Waals surface area (Å²) in [4.78, 5) is 25.3. The molecule has 0 bridgehead atoms. The molecule has 25 heavy (non-hydrogen) atoms. The highest BCUT2D eigenvalue weighted by Crippen LogP contribution is 2.42. The monoisotopic (exact) mass is 347 g/mol. The van der Waals surface area contributed by atoms with Crippen molar-refractivity contribution < 1.29 is 9.53 Å². The third-order valence-corrected chi connectivity index (χ3v) is 4.74. The molecule has 7 nitrogen and oxygen atoms in total. The summed E-state index contributed by atoms with van der Waals surface area (Å²) >= 11 is 0. The van der Waals surface area contributed by atoms with Crippen molar-refractivity contribution in [3.63, 3.8) is 0 Å². The third-order valence-electron chi connectivity index (χ3n) is 4.74. The second-order valence-electron chi connectivity index (χ2n) is 7.36. The number of nitrogens with zero attached hydrogens (tertiary/aromatic N) is 4. The first-order valence-electron chi connectivity index (χ1n) is 9.16. The van der Waals surface area contributed by atoms with Gasteiger partial charge in [0, 0.05) is 39.1 Å². The maximum absolute atomic E-state index is 12.5. The minimum atomic E-state index is -0.108. The normalized spacial score (nSPS) is 24.2. The molecule has 1 saturated heterocycles. The molecule has 138 valence electrons. The molecule has 3 rings (SSSR count). The largest absolute Gasteiger partial charge is 0.373 e. The number of amides is 2. The van der Waals surface area contributed by atoms with Crippen LogP contribution in [0.1, 0.15) is 44.1 Å². The SMILES string of the molecule is Cc1ncc(NC(=O)N(C)CCN2C[C@@H](C)O[C@@H](C)C2)c(C2CC2)n1. The maximum Gasteiger partial charge on any atom is 0.321 e. The first-order chi connectivity index (χ1) is 11.9. The standard InChI is InChI=1S/C18H29N5O2/c1-12-10-23(11-13(2)25-12)8-7-22(4)18(24)21-16-9-19-14(3)20-17(16)15-5-6-15/h9,12-13,15H,5-8,10-11H2,1-4H3,(H,21,24)/t12-,13+. The Hall–Kier alpha value is -1.73. The van der Waals surface area contributed by atoms with Crippen molar-refractivity contribution in [3.05, 3.63) is 17.7 Å². The molecule has 1 aromatic heterocycles. The Morgan fingerprint density at radius 2 is 2.04 bits per heavy atom. The van der Waals surface area contributed by atoms with Crippen LogP contribution in [0, 0.1) is 6.92 Å². The highest BCUT2D eigenvalue weighted by atomic mass is 16.5. The number of likely N-dealkylation sites (N-methyl/N-ethyl adjacent to an activating group) is 1. The molecule has 0 radical (unpaired) electrons. The molecule has 1 aromatic rings. The van der Waals surface area contributed by atoms with Gasteiger partial charge in [-0.2, -0.15) is 0 Å². The van der Waals surface area contributed by atoms with E-state index in [-0.39, 0.29) is 18.2 Å². The fraction of sp³-hybridized carbons (Fsp3) is 0.722. The fourth-order valence-corrected chi connectivity index (χ4v) is 3.32. The molecule has 0 spiro atoms. The Bertz CT molecular complexity index is 609. The van der Waals surface area contributed by atoms with Crippen LogP contribution in [0.15, 0.2) is 6.20 Å². The Labute approximate surface area is 149 Å². The van der Waals surface area contributed by atoms with Crippen LogP contribution in [0.3, 0.4) is 0 Å². The van der Waals surface area contributed by atoms with E-state index in [1.165, 1.54) is 0 Å². The minimum absolute atomic E-state index is 0.108. The van der Waals surface area contributed by atoms with Gasteiger partial charge < -0.3 is 15.0 Å². The number of aryl methyl sites for hydroxylation is 1. The van der Waals surface area contributed by atoms with Crippen LogP contribution in [0.2, 0.25) is 0 Å². The average molecular weight is 347 g/mol. The van der Waals surface area contributed by atoms with Crippen molar-refractivity contribution in [3.8, 4) is 0 Å². The Morgan fingerprint density at radius 3 is 2.68 bits per heavy atom. The van der Waals surface area contributed by atoms with Crippen LogP contribution in [-0.4, -0.2) is 71.2 Å². The number of nitrogens with one attached hydrogen (secondary N) is 1. The quantitative estimate of drug-likeness (QED) is 0.884. The van der Waals surface area contributed by atoms with Gasteiger partial charge in [-0.15, -0.1) is 0 Å². The predicted octanol–water partition coefficient (Wildman–Crippen LogP) is 2.24. The molecule has 0 unspecified atom stereocenters. The molecule has 1 aliphatic carbocycles. The third kappa shape index (κ3) is 4.89. The van der Waals surface area contributed by atoms with Gasteiger partial charge in [-0.3, -0.25) is 4.90 Å². The van der Waals surface area contributed by atoms with E-state index in [2.05, 4.69) is 34.0 Å². The molecule has 7 heteroatoms. The number of rotatable bonds is 5. The van der Waals surface area contributed by atoms with Gasteiger partial charge in [0.1, 0.15) is 5.82 Å². The van der Waals surface area contributed by atoms with Crippen molar-refractivity contribution in [1.82, 2.24) is 19.8 Å². The van der Waals surface area contributed by atoms with Gasteiger partial charge in [0.05, 0.1) is 29.8 Å². The number of urea groups is 1. The summed E-state index contributed by atoms with van der Waals surface area (Å²) < 4.78 is 5.75. The summed E-state index contributed by atoms with van der Waals surface area (Å²) in [6, 6.07) is -0.108. The van der Waals surface area contributed by atoms with Gasteiger partial charge in [0.15, 0.2) is 0 Å². The lowest BCUT2D eigenvalue weighted by Crippen LogP contribution is -2.48. The number of anilines is 1. The smallest absolute Gasteiger partial charge is 0.321 e. The minimum Gasteiger partial charge on any atom is -0.373 e. The zero-order chi connectivity index (χ0) is 18.0. The molecule has 2 amide bonds. The van der Waals surface area contributed by atoms with E-state index in [4.69, 9.17) is 4.74 Å². The van der Waals surface area contributed by atoms with Gasteiger partial charge in [-0.05, 0) is 33.6 Å². The van der Waals surface area contributed by atoms with E-state index >= 15 is 0 Å². The second kappa shape index (κ2) is 7.66.